The predicted molar refractivity (Wildman–Crippen MR) is 137 cm³/mol. The average molecular weight is 717 g/mol. The van der Waals surface area contributed by atoms with E-state index in [-0.39, 0.29) is 28.9 Å². The molecule has 34 heavy (non-hydrogen) atoms. The van der Waals surface area contributed by atoms with Gasteiger partial charge in [-0.2, -0.15) is 5.01 Å². The Morgan fingerprint density at radius 3 is 1.79 bits per heavy atom. The topological polar surface area (TPSA) is 101 Å². The maximum atomic E-state index is 13.5. The third-order valence-electron chi connectivity index (χ3n) is 5.06. The summed E-state index contributed by atoms with van der Waals surface area (Å²) in [6.07, 6.45) is 0. The van der Waals surface area contributed by atoms with Crippen LogP contribution in [0.15, 0.2) is 72.5 Å². The molecular formula is C22H11Br4N3O5. The molecule has 0 spiro atoms. The molecule has 0 unspecified atom stereocenters. The highest BCUT2D eigenvalue weighted by atomic mass is 79.9. The molecular weight excluding hydrogens is 706 g/mol. The van der Waals surface area contributed by atoms with Crippen molar-refractivity contribution in [2.45, 2.75) is 6.54 Å². The molecule has 0 N–H and O–H groups in total. The van der Waals surface area contributed by atoms with Gasteiger partial charge in [-0.1, -0.05) is 30.3 Å². The van der Waals surface area contributed by atoms with Crippen molar-refractivity contribution in [3.8, 4) is 0 Å². The molecule has 1 aliphatic heterocycles. The predicted octanol–water partition coefficient (Wildman–Crippen LogP) is 6.50. The van der Waals surface area contributed by atoms with Crippen LogP contribution >= 0.6 is 63.7 Å². The summed E-state index contributed by atoms with van der Waals surface area (Å²) in [5, 5.41) is 12.8. The number of imide groups is 1. The van der Waals surface area contributed by atoms with E-state index in [9.17, 15) is 24.5 Å². The first-order valence-electron chi connectivity index (χ1n) is 9.48. The van der Waals surface area contributed by atoms with Gasteiger partial charge < -0.3 is 0 Å². The van der Waals surface area contributed by atoms with E-state index in [2.05, 4.69) is 63.7 Å². The van der Waals surface area contributed by atoms with Crippen molar-refractivity contribution in [3.63, 3.8) is 0 Å². The van der Waals surface area contributed by atoms with Gasteiger partial charge in [-0.15, -0.1) is 0 Å². The lowest BCUT2D eigenvalue weighted by atomic mass is 10.1. The third kappa shape index (κ3) is 4.23. The first kappa shape index (κ1) is 24.7. The van der Waals surface area contributed by atoms with Crippen LogP contribution in [0.3, 0.4) is 0 Å². The van der Waals surface area contributed by atoms with E-state index in [1.165, 1.54) is 24.3 Å². The van der Waals surface area contributed by atoms with Gasteiger partial charge in [0.25, 0.3) is 23.4 Å². The molecule has 4 rings (SSSR count). The van der Waals surface area contributed by atoms with Gasteiger partial charge in [0.05, 0.1) is 22.6 Å². The van der Waals surface area contributed by atoms with E-state index in [1.54, 1.807) is 30.3 Å². The number of benzene rings is 3. The highest BCUT2D eigenvalue weighted by Crippen LogP contribution is 2.45. The van der Waals surface area contributed by atoms with Crippen LogP contribution in [0, 0.1) is 10.1 Å². The van der Waals surface area contributed by atoms with Crippen LogP contribution in [0.5, 0.6) is 0 Å². The minimum absolute atomic E-state index is 0.0820. The van der Waals surface area contributed by atoms with Gasteiger partial charge in [-0.25, -0.2) is 5.01 Å². The summed E-state index contributed by atoms with van der Waals surface area (Å²) in [7, 11) is 0. The number of amides is 3. The quantitative estimate of drug-likeness (QED) is 0.0988. The minimum atomic E-state index is -0.688. The monoisotopic (exact) mass is 713 g/mol. The number of halogens is 4. The van der Waals surface area contributed by atoms with Crippen molar-refractivity contribution >= 4 is 87.1 Å². The molecule has 0 fully saturated rings. The number of carbonyl (C=O) groups is 3. The molecule has 0 saturated heterocycles. The SMILES string of the molecule is O=C(c1ccc([N+](=O)[O-])cc1)N(Cc1ccccc1)N1C(=O)c2c(Br)c(Br)c(Br)c(Br)c2C1=O. The number of hydrazine groups is 1. The maximum Gasteiger partial charge on any atom is 0.282 e. The minimum Gasteiger partial charge on any atom is -0.267 e. The van der Waals surface area contributed by atoms with E-state index in [0.717, 1.165) is 10.0 Å². The number of carbonyl (C=O) groups excluding carboxylic acids is 3. The number of nitro benzene ring substituents is 1. The Kier molecular flexibility index (Phi) is 7.04. The molecule has 3 amide bonds. The Hall–Kier alpha value is -2.41. The van der Waals surface area contributed by atoms with Gasteiger partial charge >= 0.3 is 0 Å². The number of non-ortho nitro benzene ring substituents is 1. The Bertz CT molecular complexity index is 1320. The van der Waals surface area contributed by atoms with Crippen LogP contribution in [-0.2, 0) is 6.54 Å². The van der Waals surface area contributed by atoms with Crippen molar-refractivity contribution in [1.82, 2.24) is 10.0 Å². The molecule has 8 nitrogen and oxygen atoms in total. The van der Waals surface area contributed by atoms with E-state index >= 15 is 0 Å². The molecule has 0 radical (unpaired) electrons. The zero-order valence-corrected chi connectivity index (χ0v) is 23.1. The van der Waals surface area contributed by atoms with Crippen LogP contribution < -0.4 is 0 Å². The molecule has 1 heterocycles. The number of nitrogens with zero attached hydrogens (tertiary/aromatic N) is 3. The fourth-order valence-electron chi connectivity index (χ4n) is 3.42. The number of fused-ring (bicyclic) bond motifs is 1. The van der Waals surface area contributed by atoms with Crippen LogP contribution in [0.4, 0.5) is 5.69 Å². The highest BCUT2D eigenvalue weighted by molar-refractivity contribution is 9.15. The first-order valence-corrected chi connectivity index (χ1v) is 12.7. The van der Waals surface area contributed by atoms with Crippen molar-refractivity contribution in [3.05, 3.63) is 105 Å². The second kappa shape index (κ2) is 9.68. The summed E-state index contributed by atoms with van der Waals surface area (Å²) in [4.78, 5) is 50.9. The summed E-state index contributed by atoms with van der Waals surface area (Å²) < 4.78 is 1.77. The number of nitro groups is 1. The number of rotatable bonds is 5. The van der Waals surface area contributed by atoms with Crippen LogP contribution in [-0.4, -0.2) is 32.7 Å². The van der Waals surface area contributed by atoms with E-state index in [4.69, 9.17) is 0 Å². The summed E-state index contributed by atoms with van der Waals surface area (Å²) in [5.41, 5.74) is 0.769. The Morgan fingerprint density at radius 1 is 0.824 bits per heavy atom. The molecule has 3 aromatic carbocycles. The standard InChI is InChI=1S/C22H11Br4N3O5/c23-16-14-15(17(24)19(26)18(16)25)22(32)28(21(14)31)27(10-11-4-2-1-3-5-11)20(30)12-6-8-13(9-7-12)29(33)34/h1-9H,10H2. The van der Waals surface area contributed by atoms with Gasteiger partial charge in [0.1, 0.15) is 0 Å². The van der Waals surface area contributed by atoms with Gasteiger partial charge in [0.15, 0.2) is 0 Å². The molecule has 0 atom stereocenters. The van der Waals surface area contributed by atoms with Crippen molar-refractivity contribution in [2.24, 2.45) is 0 Å². The van der Waals surface area contributed by atoms with Gasteiger partial charge in [-0.05, 0) is 81.4 Å². The van der Waals surface area contributed by atoms with Gasteiger partial charge in [-0.3, -0.25) is 24.5 Å². The maximum absolute atomic E-state index is 13.5. The van der Waals surface area contributed by atoms with E-state index < -0.39 is 22.6 Å². The summed E-state index contributed by atoms with van der Waals surface area (Å²) >= 11 is 13.5. The molecule has 0 saturated carbocycles. The smallest absolute Gasteiger partial charge is 0.267 e. The first-order chi connectivity index (χ1) is 16.1. The van der Waals surface area contributed by atoms with Crippen molar-refractivity contribution in [2.75, 3.05) is 0 Å². The molecule has 1 aliphatic rings. The summed E-state index contributed by atoms with van der Waals surface area (Å²) in [6.45, 7) is -0.0836. The molecule has 3 aromatic rings. The molecule has 0 aromatic heterocycles. The Morgan fingerprint density at radius 2 is 1.32 bits per heavy atom. The Labute approximate surface area is 226 Å². The van der Waals surface area contributed by atoms with Crippen molar-refractivity contribution < 1.29 is 19.3 Å². The second-order valence-corrected chi connectivity index (χ2v) is 10.3. The van der Waals surface area contributed by atoms with Gasteiger partial charge in [0.2, 0.25) is 0 Å². The lowest BCUT2D eigenvalue weighted by Gasteiger charge is -2.30. The average Bonchev–Trinajstić information content (AvgIpc) is 3.10. The summed E-state index contributed by atoms with van der Waals surface area (Å²) in [5.74, 6) is -2.04. The lowest BCUT2D eigenvalue weighted by molar-refractivity contribution is -0.384. The summed E-state index contributed by atoms with van der Waals surface area (Å²) in [6, 6.07) is 13.8. The van der Waals surface area contributed by atoms with E-state index in [1.807, 2.05) is 0 Å². The molecule has 172 valence electrons. The number of hydrogen-bond donors (Lipinski definition) is 0. The van der Waals surface area contributed by atoms with Crippen molar-refractivity contribution in [1.29, 1.82) is 0 Å². The molecule has 0 aliphatic carbocycles. The highest BCUT2D eigenvalue weighted by Gasteiger charge is 2.45. The van der Waals surface area contributed by atoms with E-state index in [0.29, 0.717) is 23.5 Å². The molecule has 0 bridgehead atoms. The zero-order chi connectivity index (χ0) is 24.7. The largest absolute Gasteiger partial charge is 0.282 e. The Balaban J connectivity index is 1.82. The molecule has 12 heteroatoms. The number of hydrogen-bond acceptors (Lipinski definition) is 5. The van der Waals surface area contributed by atoms with Gasteiger partial charge in [0, 0.05) is 35.6 Å². The fourth-order valence-corrected chi connectivity index (χ4v) is 5.88. The van der Waals surface area contributed by atoms with Crippen LogP contribution in [0.2, 0.25) is 0 Å². The second-order valence-electron chi connectivity index (χ2n) is 7.08. The zero-order valence-electron chi connectivity index (χ0n) is 16.8. The van der Waals surface area contributed by atoms with Crippen LogP contribution in [0.25, 0.3) is 0 Å². The lowest BCUT2D eigenvalue weighted by Crippen LogP contribution is -2.49. The fraction of sp³-hybridized carbons (Fsp3) is 0.0455. The van der Waals surface area contributed by atoms with Crippen LogP contribution in [0.1, 0.15) is 36.6 Å². The normalized spacial score (nSPS) is 12.6. The third-order valence-corrected chi connectivity index (χ3v) is 9.82.